The fourth-order valence-electron chi connectivity index (χ4n) is 1.38. The predicted octanol–water partition coefficient (Wildman–Crippen LogP) is 2.54. The summed E-state index contributed by atoms with van der Waals surface area (Å²) in [5.41, 5.74) is 1.27. The minimum atomic E-state index is -0.484. The fraction of sp³-hybridized carbons (Fsp3) is 0.455. The molecule has 0 fully saturated rings. The van der Waals surface area contributed by atoms with E-state index in [-0.39, 0.29) is 0 Å². The van der Waals surface area contributed by atoms with Crippen LogP contribution in [0, 0.1) is 0 Å². The van der Waals surface area contributed by atoms with E-state index in [2.05, 4.69) is 17.7 Å². The van der Waals surface area contributed by atoms with E-state index in [0.717, 1.165) is 16.8 Å². The van der Waals surface area contributed by atoms with Gasteiger partial charge in [-0.15, -0.1) is 0 Å². The molecular weight excluding hydrogens is 243 g/mol. The van der Waals surface area contributed by atoms with Crippen LogP contribution in [0.4, 0.5) is 0 Å². The number of methoxy groups -OCH3 is 2. The molecule has 14 heavy (non-hydrogen) atoms. The van der Waals surface area contributed by atoms with Crippen LogP contribution in [0.2, 0.25) is 11.6 Å². The van der Waals surface area contributed by atoms with E-state index in [1.165, 1.54) is 5.56 Å². The van der Waals surface area contributed by atoms with Gasteiger partial charge in [0.25, 0.3) is 0 Å². The first-order chi connectivity index (χ1) is 6.69. The van der Waals surface area contributed by atoms with Gasteiger partial charge in [0, 0.05) is 0 Å². The number of rotatable bonds is 4. The quantitative estimate of drug-likeness (QED) is 0.774. The van der Waals surface area contributed by atoms with Crippen LogP contribution in [-0.4, -0.2) is 28.1 Å². The van der Waals surface area contributed by atoms with Gasteiger partial charge in [0.05, 0.1) is 0 Å². The summed E-state index contributed by atoms with van der Waals surface area (Å²) in [7, 11) is 3.37. The molecule has 2 nitrogen and oxygen atoms in total. The summed E-state index contributed by atoms with van der Waals surface area (Å²) in [6, 6.07) is 6.07. The molecule has 0 atom stereocenters. The SMILES string of the molecule is COc1cccc(C[Se+](C)C)c1OC. The average Bonchev–Trinajstić information content (AvgIpc) is 2.16. The minimum absolute atomic E-state index is 0.484. The zero-order chi connectivity index (χ0) is 10.6. The van der Waals surface area contributed by atoms with Gasteiger partial charge in [-0.2, -0.15) is 0 Å². The molecule has 1 rings (SSSR count). The van der Waals surface area contributed by atoms with E-state index in [1.807, 2.05) is 12.1 Å². The van der Waals surface area contributed by atoms with E-state index in [9.17, 15) is 0 Å². The van der Waals surface area contributed by atoms with Crippen molar-refractivity contribution >= 4 is 13.9 Å². The Kier molecular flexibility index (Phi) is 4.30. The Morgan fingerprint density at radius 1 is 1.14 bits per heavy atom. The summed E-state index contributed by atoms with van der Waals surface area (Å²) in [5.74, 6) is 6.36. The molecule has 78 valence electrons. The number of hydrogen-bond donors (Lipinski definition) is 0. The van der Waals surface area contributed by atoms with Crippen LogP contribution in [0.3, 0.4) is 0 Å². The second-order valence-corrected chi connectivity index (χ2v) is 8.02. The summed E-state index contributed by atoms with van der Waals surface area (Å²) in [6.07, 6.45) is 0. The van der Waals surface area contributed by atoms with Gasteiger partial charge in [0.1, 0.15) is 0 Å². The molecule has 0 saturated carbocycles. The molecule has 0 heterocycles. The molecule has 0 bridgehead atoms. The predicted molar refractivity (Wildman–Crippen MR) is 60.7 cm³/mol. The first-order valence-electron chi connectivity index (χ1n) is 4.43. The van der Waals surface area contributed by atoms with Crippen LogP contribution in [0.5, 0.6) is 11.5 Å². The third kappa shape index (κ3) is 2.66. The summed E-state index contributed by atoms with van der Waals surface area (Å²) in [6.45, 7) is 0. The van der Waals surface area contributed by atoms with Crippen molar-refractivity contribution in [2.24, 2.45) is 0 Å². The van der Waals surface area contributed by atoms with Crippen molar-refractivity contribution in [3.8, 4) is 11.5 Å². The van der Waals surface area contributed by atoms with E-state index < -0.39 is 13.9 Å². The van der Waals surface area contributed by atoms with Gasteiger partial charge < -0.3 is 0 Å². The number of benzene rings is 1. The Morgan fingerprint density at radius 3 is 2.36 bits per heavy atom. The average molecular weight is 260 g/mol. The van der Waals surface area contributed by atoms with Crippen LogP contribution in [0.15, 0.2) is 18.2 Å². The summed E-state index contributed by atoms with van der Waals surface area (Å²) in [4.78, 5) is 0. The van der Waals surface area contributed by atoms with Gasteiger partial charge in [0.15, 0.2) is 0 Å². The molecule has 0 N–H and O–H groups in total. The topological polar surface area (TPSA) is 18.5 Å². The van der Waals surface area contributed by atoms with Crippen molar-refractivity contribution < 1.29 is 9.47 Å². The molecule has 0 radical (unpaired) electrons. The van der Waals surface area contributed by atoms with Gasteiger partial charge in [-0.1, -0.05) is 0 Å². The first kappa shape index (κ1) is 11.4. The monoisotopic (exact) mass is 261 g/mol. The molecule has 1 aromatic rings. The van der Waals surface area contributed by atoms with E-state index >= 15 is 0 Å². The summed E-state index contributed by atoms with van der Waals surface area (Å²) in [5, 5.41) is 1.14. The van der Waals surface area contributed by atoms with Gasteiger partial charge in [-0.05, 0) is 0 Å². The van der Waals surface area contributed by atoms with Crippen LogP contribution in [-0.2, 0) is 5.32 Å². The van der Waals surface area contributed by atoms with Crippen LogP contribution in [0.25, 0.3) is 0 Å². The molecule has 0 aliphatic carbocycles. The third-order valence-electron chi connectivity index (χ3n) is 1.93. The molecule has 0 unspecified atom stereocenters. The zero-order valence-corrected chi connectivity index (χ0v) is 10.9. The summed E-state index contributed by atoms with van der Waals surface area (Å²) >= 11 is -0.484. The van der Waals surface area contributed by atoms with E-state index in [1.54, 1.807) is 14.2 Å². The maximum atomic E-state index is 5.36. The van der Waals surface area contributed by atoms with Crippen molar-refractivity contribution in [3.05, 3.63) is 23.8 Å². The molecule has 0 spiro atoms. The van der Waals surface area contributed by atoms with Crippen molar-refractivity contribution in [2.45, 2.75) is 17.0 Å². The molecule has 0 aliphatic rings. The Morgan fingerprint density at radius 2 is 1.86 bits per heavy atom. The van der Waals surface area contributed by atoms with Crippen molar-refractivity contribution in [1.82, 2.24) is 0 Å². The van der Waals surface area contributed by atoms with Crippen molar-refractivity contribution in [3.63, 3.8) is 0 Å². The van der Waals surface area contributed by atoms with Gasteiger partial charge >= 0.3 is 89.8 Å². The van der Waals surface area contributed by atoms with Crippen LogP contribution >= 0.6 is 0 Å². The van der Waals surface area contributed by atoms with Crippen molar-refractivity contribution in [1.29, 1.82) is 0 Å². The zero-order valence-electron chi connectivity index (χ0n) is 9.16. The third-order valence-corrected chi connectivity index (χ3v) is 3.79. The van der Waals surface area contributed by atoms with E-state index in [4.69, 9.17) is 9.47 Å². The molecule has 0 aliphatic heterocycles. The molecule has 0 amide bonds. The molecule has 0 aromatic heterocycles. The van der Waals surface area contributed by atoms with Gasteiger partial charge in [-0.3, -0.25) is 0 Å². The summed E-state index contributed by atoms with van der Waals surface area (Å²) < 4.78 is 10.6. The van der Waals surface area contributed by atoms with Crippen molar-refractivity contribution in [2.75, 3.05) is 14.2 Å². The number of hydrogen-bond acceptors (Lipinski definition) is 2. The first-order valence-corrected chi connectivity index (χ1v) is 9.06. The normalized spacial score (nSPS) is 10.4. The Bertz CT molecular complexity index is 297. The maximum absolute atomic E-state index is 5.36. The number of ether oxygens (including phenoxy) is 2. The molecule has 3 heteroatoms. The molecule has 0 saturated heterocycles. The van der Waals surface area contributed by atoms with Gasteiger partial charge in [0.2, 0.25) is 0 Å². The fourth-order valence-corrected chi connectivity index (χ4v) is 3.16. The van der Waals surface area contributed by atoms with E-state index in [0.29, 0.717) is 0 Å². The molecule has 1 aromatic carbocycles. The Labute approximate surface area is 90.1 Å². The second kappa shape index (κ2) is 5.28. The Hall–Kier alpha value is -0.661. The molecular formula is C11H17O2Se+. The number of para-hydroxylation sites is 1. The Balaban J connectivity index is 3.02. The van der Waals surface area contributed by atoms with Crippen LogP contribution in [0.1, 0.15) is 5.56 Å². The van der Waals surface area contributed by atoms with Gasteiger partial charge in [-0.25, -0.2) is 0 Å². The second-order valence-electron chi connectivity index (χ2n) is 3.28. The van der Waals surface area contributed by atoms with Crippen LogP contribution < -0.4 is 9.47 Å². The standard InChI is InChI=1S/C11H17O2Se/c1-12-10-7-5-6-9(8-14(3)4)11(10)13-2/h5-7H,8H2,1-4H3/q+1.